The number of carbonyl (C=O) groups excluding carboxylic acids is 1. The first-order chi connectivity index (χ1) is 9.97. The number of nitrogens with two attached hydrogens (primary N) is 1. The van der Waals surface area contributed by atoms with Crippen molar-refractivity contribution in [3.63, 3.8) is 0 Å². The summed E-state index contributed by atoms with van der Waals surface area (Å²) in [5.41, 5.74) is 7.03. The van der Waals surface area contributed by atoms with Gasteiger partial charge in [-0.25, -0.2) is 4.79 Å². The zero-order valence-corrected chi connectivity index (χ0v) is 12.1. The van der Waals surface area contributed by atoms with Gasteiger partial charge in [-0.3, -0.25) is 15.0 Å². The standard InChI is InChI=1S/C14H20N4O3/c1-11-3-4-12(9-13(11)18(20)21)10-16-5-2-6-17(8-7-16)14(15)19/h3-4,9H,2,5-8,10H2,1H3,(H2,15,19). The smallest absolute Gasteiger partial charge is 0.314 e. The molecule has 0 saturated carbocycles. The summed E-state index contributed by atoms with van der Waals surface area (Å²) in [4.78, 5) is 25.6. The van der Waals surface area contributed by atoms with Gasteiger partial charge in [0.2, 0.25) is 0 Å². The van der Waals surface area contributed by atoms with Crippen molar-refractivity contribution < 1.29 is 9.72 Å². The number of hydrogen-bond acceptors (Lipinski definition) is 4. The number of nitrogens with zero attached hydrogens (tertiary/aromatic N) is 3. The van der Waals surface area contributed by atoms with Crippen LogP contribution in [-0.2, 0) is 6.54 Å². The highest BCUT2D eigenvalue weighted by Crippen LogP contribution is 2.20. The highest BCUT2D eigenvalue weighted by atomic mass is 16.6. The Kier molecular flexibility index (Phi) is 4.74. The van der Waals surface area contributed by atoms with Gasteiger partial charge >= 0.3 is 6.03 Å². The Labute approximate surface area is 123 Å². The van der Waals surface area contributed by atoms with Crippen molar-refractivity contribution in [1.82, 2.24) is 9.80 Å². The van der Waals surface area contributed by atoms with Gasteiger partial charge in [-0.1, -0.05) is 12.1 Å². The van der Waals surface area contributed by atoms with Crippen LogP contribution >= 0.6 is 0 Å². The molecule has 2 rings (SSSR count). The lowest BCUT2D eigenvalue weighted by Crippen LogP contribution is -2.38. The molecule has 21 heavy (non-hydrogen) atoms. The van der Waals surface area contributed by atoms with Gasteiger partial charge in [0, 0.05) is 44.4 Å². The summed E-state index contributed by atoms with van der Waals surface area (Å²) >= 11 is 0. The molecule has 1 aromatic carbocycles. The molecule has 0 radical (unpaired) electrons. The van der Waals surface area contributed by atoms with Crippen LogP contribution in [0.1, 0.15) is 17.5 Å². The minimum Gasteiger partial charge on any atom is -0.351 e. The van der Waals surface area contributed by atoms with Crippen molar-refractivity contribution in [2.75, 3.05) is 26.2 Å². The topological polar surface area (TPSA) is 92.7 Å². The number of hydrogen-bond donors (Lipinski definition) is 1. The second-order valence-electron chi connectivity index (χ2n) is 5.33. The summed E-state index contributed by atoms with van der Waals surface area (Å²) < 4.78 is 0. The molecule has 2 amide bonds. The van der Waals surface area contributed by atoms with E-state index in [1.807, 2.05) is 6.07 Å². The molecule has 0 aliphatic carbocycles. The molecule has 7 nitrogen and oxygen atoms in total. The number of primary amides is 1. The van der Waals surface area contributed by atoms with Crippen LogP contribution in [0.15, 0.2) is 18.2 Å². The maximum Gasteiger partial charge on any atom is 0.314 e. The van der Waals surface area contributed by atoms with Crippen LogP contribution in [0.3, 0.4) is 0 Å². The van der Waals surface area contributed by atoms with E-state index in [1.54, 1.807) is 24.0 Å². The predicted octanol–water partition coefficient (Wildman–Crippen LogP) is 1.49. The number of benzene rings is 1. The average molecular weight is 292 g/mol. The molecule has 0 bridgehead atoms. The van der Waals surface area contributed by atoms with E-state index < -0.39 is 0 Å². The summed E-state index contributed by atoms with van der Waals surface area (Å²) in [6.07, 6.45) is 0.858. The van der Waals surface area contributed by atoms with Crippen molar-refractivity contribution in [2.45, 2.75) is 19.9 Å². The van der Waals surface area contributed by atoms with Crippen molar-refractivity contribution >= 4 is 11.7 Å². The molecule has 1 saturated heterocycles. The Morgan fingerprint density at radius 2 is 2.10 bits per heavy atom. The average Bonchev–Trinajstić information content (AvgIpc) is 2.66. The Morgan fingerprint density at radius 3 is 2.76 bits per heavy atom. The van der Waals surface area contributed by atoms with E-state index in [9.17, 15) is 14.9 Å². The van der Waals surface area contributed by atoms with E-state index in [2.05, 4.69) is 4.90 Å². The van der Waals surface area contributed by atoms with Crippen molar-refractivity contribution in [3.8, 4) is 0 Å². The van der Waals surface area contributed by atoms with Crippen LogP contribution in [0, 0.1) is 17.0 Å². The zero-order chi connectivity index (χ0) is 15.4. The minimum absolute atomic E-state index is 0.154. The van der Waals surface area contributed by atoms with E-state index in [0.29, 0.717) is 25.2 Å². The molecule has 1 fully saturated rings. The summed E-state index contributed by atoms with van der Waals surface area (Å²) in [6.45, 7) is 5.23. The number of amides is 2. The number of nitro groups is 1. The fourth-order valence-electron chi connectivity index (χ4n) is 2.56. The summed E-state index contributed by atoms with van der Waals surface area (Å²) in [7, 11) is 0. The van der Waals surface area contributed by atoms with Crippen molar-refractivity contribution in [3.05, 3.63) is 39.4 Å². The van der Waals surface area contributed by atoms with E-state index in [1.165, 1.54) is 0 Å². The van der Waals surface area contributed by atoms with Gasteiger partial charge in [-0.05, 0) is 18.9 Å². The molecule has 0 aromatic heterocycles. The molecule has 2 N–H and O–H groups in total. The summed E-state index contributed by atoms with van der Waals surface area (Å²) in [5.74, 6) is 0. The lowest BCUT2D eigenvalue weighted by molar-refractivity contribution is -0.385. The maximum atomic E-state index is 11.2. The fraction of sp³-hybridized carbons (Fsp3) is 0.500. The molecule has 1 aromatic rings. The third-order valence-corrected chi connectivity index (χ3v) is 3.78. The molecule has 1 aliphatic heterocycles. The monoisotopic (exact) mass is 292 g/mol. The van der Waals surface area contributed by atoms with Gasteiger partial charge in [0.1, 0.15) is 0 Å². The van der Waals surface area contributed by atoms with Gasteiger partial charge in [0.05, 0.1) is 4.92 Å². The lowest BCUT2D eigenvalue weighted by atomic mass is 10.1. The highest BCUT2D eigenvalue weighted by molar-refractivity contribution is 5.71. The van der Waals surface area contributed by atoms with Gasteiger partial charge in [-0.2, -0.15) is 0 Å². The summed E-state index contributed by atoms with van der Waals surface area (Å²) in [6, 6.07) is 4.94. The molecule has 0 spiro atoms. The van der Waals surface area contributed by atoms with Crippen LogP contribution in [0.25, 0.3) is 0 Å². The second kappa shape index (κ2) is 6.53. The zero-order valence-electron chi connectivity index (χ0n) is 12.1. The first kappa shape index (κ1) is 15.2. The maximum absolute atomic E-state index is 11.2. The largest absolute Gasteiger partial charge is 0.351 e. The lowest BCUT2D eigenvalue weighted by Gasteiger charge is -2.20. The number of aryl methyl sites for hydroxylation is 1. The second-order valence-corrected chi connectivity index (χ2v) is 5.33. The third kappa shape index (κ3) is 3.91. The Balaban J connectivity index is 2.03. The molecule has 0 atom stereocenters. The minimum atomic E-state index is -0.386. The van der Waals surface area contributed by atoms with Crippen LogP contribution in [0.4, 0.5) is 10.5 Å². The Morgan fingerprint density at radius 1 is 1.33 bits per heavy atom. The van der Waals surface area contributed by atoms with E-state index in [-0.39, 0.29) is 16.6 Å². The number of nitro benzene ring substituents is 1. The fourth-order valence-corrected chi connectivity index (χ4v) is 2.56. The molecule has 0 unspecified atom stereocenters. The van der Waals surface area contributed by atoms with Crippen LogP contribution in [0.2, 0.25) is 0 Å². The van der Waals surface area contributed by atoms with Crippen LogP contribution in [0.5, 0.6) is 0 Å². The third-order valence-electron chi connectivity index (χ3n) is 3.78. The molecule has 1 heterocycles. The number of urea groups is 1. The quantitative estimate of drug-likeness (QED) is 0.674. The molecule has 114 valence electrons. The Bertz CT molecular complexity index is 547. The normalized spacial score (nSPS) is 16.5. The molecule has 1 aliphatic rings. The van der Waals surface area contributed by atoms with Crippen LogP contribution in [-0.4, -0.2) is 46.9 Å². The van der Waals surface area contributed by atoms with Gasteiger partial charge < -0.3 is 10.6 Å². The van der Waals surface area contributed by atoms with E-state index in [4.69, 9.17) is 5.73 Å². The predicted molar refractivity (Wildman–Crippen MR) is 78.9 cm³/mol. The van der Waals surface area contributed by atoms with Gasteiger partial charge in [0.25, 0.3) is 5.69 Å². The van der Waals surface area contributed by atoms with Gasteiger partial charge in [0.15, 0.2) is 0 Å². The highest BCUT2D eigenvalue weighted by Gasteiger charge is 2.18. The van der Waals surface area contributed by atoms with E-state index >= 15 is 0 Å². The number of carbonyl (C=O) groups is 1. The first-order valence-electron chi connectivity index (χ1n) is 6.98. The van der Waals surface area contributed by atoms with Crippen LogP contribution < -0.4 is 5.73 Å². The molecular formula is C14H20N4O3. The first-order valence-corrected chi connectivity index (χ1v) is 6.98. The SMILES string of the molecule is Cc1ccc(CN2CCCN(C(N)=O)CC2)cc1[N+](=O)[O-]. The number of rotatable bonds is 3. The van der Waals surface area contributed by atoms with Crippen molar-refractivity contribution in [1.29, 1.82) is 0 Å². The summed E-state index contributed by atoms with van der Waals surface area (Å²) in [5, 5.41) is 11.0. The Hall–Kier alpha value is -2.15. The molecular weight excluding hydrogens is 272 g/mol. The van der Waals surface area contributed by atoms with Gasteiger partial charge in [-0.15, -0.1) is 0 Å². The van der Waals surface area contributed by atoms with E-state index in [0.717, 1.165) is 25.1 Å². The molecule has 7 heteroatoms. The van der Waals surface area contributed by atoms with Crippen molar-refractivity contribution in [2.24, 2.45) is 5.73 Å².